The number of anilines is 1. The number of rotatable bonds is 5. The van der Waals surface area contributed by atoms with Gasteiger partial charge in [-0.25, -0.2) is 9.97 Å². The van der Waals surface area contributed by atoms with E-state index in [2.05, 4.69) is 37.5 Å². The van der Waals surface area contributed by atoms with Crippen LogP contribution in [0, 0.1) is 0 Å². The molecule has 0 radical (unpaired) electrons. The molecule has 3 N–H and O–H groups in total. The van der Waals surface area contributed by atoms with Gasteiger partial charge in [0.15, 0.2) is 5.65 Å². The zero-order valence-corrected chi connectivity index (χ0v) is 18.5. The lowest BCUT2D eigenvalue weighted by Gasteiger charge is -2.32. The number of nitrogens with one attached hydrogen (secondary N) is 2. The minimum absolute atomic E-state index is 0.213. The quantitative estimate of drug-likeness (QED) is 0.435. The lowest BCUT2D eigenvalue weighted by atomic mass is 9.89. The van der Waals surface area contributed by atoms with Crippen molar-refractivity contribution < 1.29 is 9.90 Å². The molecule has 2 saturated carbocycles. The molecule has 33 heavy (non-hydrogen) atoms. The van der Waals surface area contributed by atoms with Crippen molar-refractivity contribution in [2.45, 2.75) is 56.7 Å². The second kappa shape index (κ2) is 7.84. The molecular weight excluding hydrogens is 418 g/mol. The molecule has 170 valence electrons. The Hall–Kier alpha value is -3.46. The Kier molecular flexibility index (Phi) is 4.79. The third-order valence-electron chi connectivity index (χ3n) is 7.11. The SMILES string of the molecule is CNc1cc(-c2cn(C3CCCC3)c3ncccc23)nc2c(C(=O)NC3CCC3O)cnn12. The molecule has 9 heteroatoms. The number of carbonyl (C=O) groups excluding carboxylic acids is 1. The highest BCUT2D eigenvalue weighted by Crippen LogP contribution is 2.37. The molecule has 0 spiro atoms. The first-order valence-corrected chi connectivity index (χ1v) is 11.7. The maximum Gasteiger partial charge on any atom is 0.257 e. The predicted octanol–water partition coefficient (Wildman–Crippen LogP) is 3.16. The monoisotopic (exact) mass is 445 g/mol. The zero-order chi connectivity index (χ0) is 22.5. The van der Waals surface area contributed by atoms with E-state index in [9.17, 15) is 9.90 Å². The number of nitrogens with zero attached hydrogens (tertiary/aromatic N) is 5. The van der Waals surface area contributed by atoms with E-state index < -0.39 is 6.10 Å². The molecule has 0 aromatic carbocycles. The molecule has 9 nitrogen and oxygen atoms in total. The Balaban J connectivity index is 1.48. The average molecular weight is 446 g/mol. The molecule has 4 aromatic rings. The molecule has 4 heterocycles. The molecule has 2 unspecified atom stereocenters. The Labute approximate surface area is 190 Å². The number of carbonyl (C=O) groups is 1. The van der Waals surface area contributed by atoms with Gasteiger partial charge in [0, 0.05) is 42.5 Å². The summed E-state index contributed by atoms with van der Waals surface area (Å²) in [7, 11) is 1.83. The summed E-state index contributed by atoms with van der Waals surface area (Å²) in [5, 5.41) is 21.4. The van der Waals surface area contributed by atoms with E-state index >= 15 is 0 Å². The van der Waals surface area contributed by atoms with Gasteiger partial charge in [0.2, 0.25) is 0 Å². The van der Waals surface area contributed by atoms with Gasteiger partial charge >= 0.3 is 0 Å². The maximum atomic E-state index is 13.0. The van der Waals surface area contributed by atoms with Crippen molar-refractivity contribution >= 4 is 28.4 Å². The first-order valence-electron chi connectivity index (χ1n) is 11.7. The number of aromatic nitrogens is 5. The largest absolute Gasteiger partial charge is 0.391 e. The van der Waals surface area contributed by atoms with Crippen LogP contribution in [0.15, 0.2) is 36.8 Å². The van der Waals surface area contributed by atoms with Crippen LogP contribution >= 0.6 is 0 Å². The van der Waals surface area contributed by atoms with Gasteiger partial charge in [-0.3, -0.25) is 4.79 Å². The topological polar surface area (TPSA) is 109 Å². The number of fused-ring (bicyclic) bond motifs is 2. The Morgan fingerprint density at radius 1 is 1.18 bits per heavy atom. The van der Waals surface area contributed by atoms with Gasteiger partial charge in [-0.15, -0.1) is 0 Å². The molecule has 0 aliphatic heterocycles. The summed E-state index contributed by atoms with van der Waals surface area (Å²) in [6, 6.07) is 6.22. The molecule has 1 amide bonds. The summed E-state index contributed by atoms with van der Waals surface area (Å²) in [6.45, 7) is 0. The molecule has 0 saturated heterocycles. The zero-order valence-electron chi connectivity index (χ0n) is 18.5. The fourth-order valence-corrected chi connectivity index (χ4v) is 5.08. The van der Waals surface area contributed by atoms with Crippen LogP contribution in [-0.4, -0.2) is 54.4 Å². The van der Waals surface area contributed by atoms with Crippen LogP contribution in [0.3, 0.4) is 0 Å². The molecule has 2 aliphatic rings. The first-order chi connectivity index (χ1) is 16.1. The molecule has 2 fully saturated rings. The average Bonchev–Trinajstić information content (AvgIpc) is 3.58. The number of amides is 1. The van der Waals surface area contributed by atoms with Crippen molar-refractivity contribution in [1.82, 2.24) is 29.5 Å². The molecular formula is C24H27N7O2. The lowest BCUT2D eigenvalue weighted by Crippen LogP contribution is -2.50. The van der Waals surface area contributed by atoms with E-state index in [1.807, 2.05) is 25.4 Å². The molecule has 2 atom stereocenters. The molecule has 2 aliphatic carbocycles. The second-order valence-corrected chi connectivity index (χ2v) is 9.06. The summed E-state index contributed by atoms with van der Waals surface area (Å²) in [5.41, 5.74) is 3.60. The van der Waals surface area contributed by atoms with Gasteiger partial charge in [0.05, 0.1) is 24.0 Å². The van der Waals surface area contributed by atoms with Crippen molar-refractivity contribution in [2.24, 2.45) is 0 Å². The van der Waals surface area contributed by atoms with Gasteiger partial charge in [-0.2, -0.15) is 9.61 Å². The van der Waals surface area contributed by atoms with Crippen LogP contribution in [0.2, 0.25) is 0 Å². The third kappa shape index (κ3) is 3.26. The first kappa shape index (κ1) is 20.2. The Morgan fingerprint density at radius 2 is 2.03 bits per heavy atom. The van der Waals surface area contributed by atoms with E-state index in [4.69, 9.17) is 4.98 Å². The van der Waals surface area contributed by atoms with Crippen LogP contribution in [-0.2, 0) is 0 Å². The maximum absolute atomic E-state index is 13.0. The van der Waals surface area contributed by atoms with Crippen LogP contribution < -0.4 is 10.6 Å². The van der Waals surface area contributed by atoms with E-state index in [0.717, 1.165) is 47.4 Å². The summed E-state index contributed by atoms with van der Waals surface area (Å²) in [4.78, 5) is 22.5. The highest BCUT2D eigenvalue weighted by atomic mass is 16.3. The number of pyridine rings is 1. The minimum Gasteiger partial charge on any atom is -0.391 e. The second-order valence-electron chi connectivity index (χ2n) is 9.06. The van der Waals surface area contributed by atoms with Crippen molar-refractivity contribution in [2.75, 3.05) is 12.4 Å². The van der Waals surface area contributed by atoms with Gasteiger partial charge in [-0.1, -0.05) is 12.8 Å². The highest BCUT2D eigenvalue weighted by molar-refractivity contribution is 6.01. The summed E-state index contributed by atoms with van der Waals surface area (Å²) < 4.78 is 3.94. The summed E-state index contributed by atoms with van der Waals surface area (Å²) in [6.07, 6.45) is 11.3. The van der Waals surface area contributed by atoms with Crippen molar-refractivity contribution in [1.29, 1.82) is 0 Å². The van der Waals surface area contributed by atoms with Gasteiger partial charge in [0.25, 0.3) is 5.91 Å². The summed E-state index contributed by atoms with van der Waals surface area (Å²) in [5.74, 6) is 0.471. The van der Waals surface area contributed by atoms with E-state index in [1.54, 1.807) is 4.52 Å². The van der Waals surface area contributed by atoms with Crippen LogP contribution in [0.1, 0.15) is 54.9 Å². The third-order valence-corrected chi connectivity index (χ3v) is 7.11. The standard InChI is InChI=1S/C24H27N7O2/c1-25-21-11-19(17-13-30(14-5-2-3-6-14)22-15(17)7-4-10-26-22)28-23-16(12-27-31(21)23)24(33)29-18-8-9-20(18)32/h4,7,10-14,18,20,25,32H,2-3,5-6,8-9H2,1H3,(H,29,33). The number of hydrogen-bond acceptors (Lipinski definition) is 6. The Morgan fingerprint density at radius 3 is 2.76 bits per heavy atom. The summed E-state index contributed by atoms with van der Waals surface area (Å²) >= 11 is 0. The van der Waals surface area contributed by atoms with Gasteiger partial charge < -0.3 is 20.3 Å². The predicted molar refractivity (Wildman–Crippen MR) is 125 cm³/mol. The van der Waals surface area contributed by atoms with E-state index in [-0.39, 0.29) is 11.9 Å². The van der Waals surface area contributed by atoms with Crippen molar-refractivity contribution in [3.05, 3.63) is 42.4 Å². The van der Waals surface area contributed by atoms with Crippen molar-refractivity contribution in [3.63, 3.8) is 0 Å². The van der Waals surface area contributed by atoms with Crippen molar-refractivity contribution in [3.8, 4) is 11.3 Å². The van der Waals surface area contributed by atoms with Gasteiger partial charge in [0.1, 0.15) is 17.0 Å². The normalized spacial score (nSPS) is 20.9. The smallest absolute Gasteiger partial charge is 0.257 e. The van der Waals surface area contributed by atoms with E-state index in [1.165, 1.54) is 19.0 Å². The van der Waals surface area contributed by atoms with Crippen LogP contribution in [0.25, 0.3) is 27.9 Å². The van der Waals surface area contributed by atoms with Crippen LogP contribution in [0.4, 0.5) is 5.82 Å². The van der Waals surface area contributed by atoms with Crippen LogP contribution in [0.5, 0.6) is 0 Å². The lowest BCUT2D eigenvalue weighted by molar-refractivity contribution is 0.0448. The molecule has 4 aromatic heterocycles. The molecule has 6 rings (SSSR count). The number of aliphatic hydroxyl groups excluding tert-OH is 1. The number of aliphatic hydroxyl groups is 1. The van der Waals surface area contributed by atoms with E-state index in [0.29, 0.717) is 23.7 Å². The number of hydrogen-bond donors (Lipinski definition) is 3. The highest BCUT2D eigenvalue weighted by Gasteiger charge is 2.31. The molecule has 0 bridgehead atoms. The van der Waals surface area contributed by atoms with Gasteiger partial charge in [-0.05, 0) is 37.8 Å². The fraction of sp³-hybridized carbons (Fsp3) is 0.417. The minimum atomic E-state index is -0.485. The fourth-order valence-electron chi connectivity index (χ4n) is 5.08. The Bertz CT molecular complexity index is 1350.